The van der Waals surface area contributed by atoms with Gasteiger partial charge in [-0.25, -0.2) is 5.06 Å². The number of Topliss-reactive ketones (excluding diaryl/α,β-unsaturated/α-hetero) is 1. The normalized spacial score (nSPS) is 38.2. The summed E-state index contributed by atoms with van der Waals surface area (Å²) >= 11 is 3.33. The Labute approximate surface area is 479 Å². The first-order chi connectivity index (χ1) is 36.4. The van der Waals surface area contributed by atoms with E-state index in [2.05, 4.69) is 29.8 Å². The van der Waals surface area contributed by atoms with E-state index < -0.39 is 36.7 Å². The number of nitrogens with zero attached hydrogens (tertiary/aromatic N) is 1. The van der Waals surface area contributed by atoms with E-state index in [1.54, 1.807) is 14.2 Å². The van der Waals surface area contributed by atoms with Crippen molar-refractivity contribution >= 4 is 99.6 Å². The molecule has 77 heavy (non-hydrogen) atoms. The van der Waals surface area contributed by atoms with Crippen molar-refractivity contribution in [3.63, 3.8) is 0 Å². The topological polar surface area (TPSA) is 124 Å². The number of benzene rings is 2. The maximum absolute atomic E-state index is 13.6. The summed E-state index contributed by atoms with van der Waals surface area (Å²) in [4.78, 5) is 31.7. The number of halogens is 1. The van der Waals surface area contributed by atoms with Gasteiger partial charge in [-0.1, -0.05) is 29.8 Å². The molecule has 1 amide bonds. The van der Waals surface area contributed by atoms with Crippen LogP contribution in [0.4, 0.5) is 0 Å². The van der Waals surface area contributed by atoms with Crippen LogP contribution in [-0.4, -0.2) is 138 Å². The molecule has 0 aromatic heterocycles. The summed E-state index contributed by atoms with van der Waals surface area (Å²) in [6, 6.07) is 11.4. The van der Waals surface area contributed by atoms with Crippen LogP contribution in [0, 0.1) is 81.8 Å². The van der Waals surface area contributed by atoms with Crippen molar-refractivity contribution in [2.45, 2.75) is 154 Å². The minimum Gasteiger partial charge on any atom is -0.454 e. The van der Waals surface area contributed by atoms with E-state index in [-0.39, 0.29) is 35.4 Å². The molecular formula is C56H78B10BrNO9. The summed E-state index contributed by atoms with van der Waals surface area (Å²) in [5.41, 5.74) is 0.176. The number of ketones is 1. The Kier molecular flexibility index (Phi) is 18.5. The summed E-state index contributed by atoms with van der Waals surface area (Å²) in [6.45, 7) is 9.48. The lowest BCUT2D eigenvalue weighted by Crippen LogP contribution is -2.62. The molecule has 0 bridgehead atoms. The Balaban J connectivity index is 0.000000140. The Bertz CT molecular complexity index is 2390. The number of fused-ring (bicyclic) bond motifs is 12. The fourth-order valence-electron chi connectivity index (χ4n) is 18.2. The van der Waals surface area contributed by atoms with Crippen LogP contribution in [-0.2, 0) is 9.63 Å². The molecule has 10 nitrogen and oxygen atoms in total. The van der Waals surface area contributed by atoms with Gasteiger partial charge in [0, 0.05) is 101 Å². The molecule has 2 N–H and O–H groups in total. The Morgan fingerprint density at radius 1 is 0.571 bits per heavy atom. The molecular weight excluding hydrogens is 1020 g/mol. The molecule has 0 unspecified atom stereocenters. The summed E-state index contributed by atoms with van der Waals surface area (Å²) in [6.07, 6.45) is 18.4. The number of carbonyl (C=O) groups excluding carboxylic acids is 2. The van der Waals surface area contributed by atoms with Gasteiger partial charge in [-0.3, -0.25) is 14.4 Å². The molecule has 8 saturated carbocycles. The third-order valence-electron chi connectivity index (χ3n) is 22.0. The molecule has 12 rings (SSSR count). The average Bonchev–Trinajstić information content (AvgIpc) is 4.27. The molecule has 2 aromatic rings. The Morgan fingerprint density at radius 3 is 1.49 bits per heavy atom. The predicted molar refractivity (Wildman–Crippen MR) is 317 cm³/mol. The van der Waals surface area contributed by atoms with Crippen LogP contribution in [0.3, 0.4) is 0 Å². The lowest BCUT2D eigenvalue weighted by Gasteiger charge is -2.56. The van der Waals surface area contributed by atoms with Crippen LogP contribution in [0.5, 0.6) is 23.0 Å². The molecule has 2 heterocycles. The Morgan fingerprint density at radius 2 is 1.01 bits per heavy atom. The number of hydrogen-bond acceptors (Lipinski definition) is 9. The zero-order valence-electron chi connectivity index (χ0n) is 46.9. The molecule has 2 aliphatic heterocycles. The van der Waals surface area contributed by atoms with Gasteiger partial charge in [0.1, 0.15) is 0 Å². The molecule has 12 radical (unpaired) electrons. The van der Waals surface area contributed by atoms with Crippen LogP contribution in [0.1, 0.15) is 154 Å². The van der Waals surface area contributed by atoms with E-state index in [9.17, 15) is 19.8 Å². The largest absolute Gasteiger partial charge is 0.454 e. The van der Waals surface area contributed by atoms with Crippen LogP contribution in [0.25, 0.3) is 0 Å². The summed E-state index contributed by atoms with van der Waals surface area (Å²) in [5.74, 6) is 11.5. The highest BCUT2D eigenvalue weighted by atomic mass is 79.9. The fraction of sp³-hybridized carbons (Fsp3) is 0.750. The molecule has 2 aromatic carbocycles. The van der Waals surface area contributed by atoms with E-state index >= 15 is 0 Å². The average molecular weight is 1100 g/mol. The second kappa shape index (κ2) is 23.9. The maximum atomic E-state index is 13.6. The van der Waals surface area contributed by atoms with E-state index in [1.807, 2.05) is 50.2 Å². The van der Waals surface area contributed by atoms with Crippen LogP contribution < -0.4 is 18.9 Å². The first-order valence-electron chi connectivity index (χ1n) is 29.2. The van der Waals surface area contributed by atoms with Crippen molar-refractivity contribution in [3.8, 4) is 23.0 Å². The highest BCUT2D eigenvalue weighted by molar-refractivity contribution is 9.10. The highest BCUT2D eigenvalue weighted by Crippen LogP contribution is 2.67. The minimum atomic E-state index is -0.667. The van der Waals surface area contributed by atoms with Crippen LogP contribution in [0.15, 0.2) is 40.9 Å². The zero-order chi connectivity index (χ0) is 55.4. The monoisotopic (exact) mass is 1100 g/mol. The van der Waals surface area contributed by atoms with Gasteiger partial charge in [-0.05, 0) is 236 Å². The molecule has 10 aliphatic rings. The van der Waals surface area contributed by atoms with Crippen molar-refractivity contribution in [2.24, 2.45) is 81.8 Å². The van der Waals surface area contributed by atoms with Crippen molar-refractivity contribution in [2.75, 3.05) is 27.7 Å². The number of amides is 1. The van der Waals surface area contributed by atoms with Crippen molar-refractivity contribution in [1.82, 2.24) is 5.06 Å². The zero-order valence-corrected chi connectivity index (χ0v) is 48.5. The molecule has 0 spiro atoms. The standard InChI is InChI=1S/C27H36O4.C22H37NO3.C7H5BrO2.B10/c1-26(29)11-9-18-17(14-26)3-5-20-19(18)10-12-27(2)21(20)6-7-22(27)25(28)16-4-8-23-24(13-16)31-15-30-23;1-21(25)11-9-15-14(13-21)5-6-17-16(15)10-12-22(2)18(17)7-8-19(22)20(24)23(3)26-4;8-5-1-2-6-7(3-5)10-4-9-6;1-7(2)10(8(3)4)9(5)6/h4,8,13,17-22,29H,3,5-7,9-12,14-15H2,1-2H3;14-19,25H,5-13H2,1-4H3;1-3H,4H2;/t17-,18-,19+,20+,21-,22+,26+,27-;14-,15-,16+,17+,18-,19+,21+,22-;;/m00../s1. The smallest absolute Gasteiger partial charge is 0.249 e. The minimum absolute atomic E-state index is 0.127. The maximum Gasteiger partial charge on any atom is 0.249 e. The molecule has 8 fully saturated rings. The predicted octanol–water partition coefficient (Wildman–Crippen LogP) is 8.01. The summed E-state index contributed by atoms with van der Waals surface area (Å²) < 4.78 is 22.2. The SMILES string of the molecule is Brc1ccc2c(c1)OCO2.CON(C)C(=O)[C@H]1CC[C@H]2[C@@H]3CC[C@H]4C[C@](C)(O)CC[C@@H]4[C@H]3CC[C@]12C.C[C@@]1(O)CC[C@H]2[C@@H](CC[C@@H]3[C@@H]2CC[C@]2(C)[C@@H](C(=O)c4ccc5c(c4)OCO5)CC[C@@H]32)C1.[B]B([B])B(B([B])[B])B([B])[B]. The number of rotatable bonds is 7. The first-order valence-corrected chi connectivity index (χ1v) is 30.0. The third kappa shape index (κ3) is 12.3. The van der Waals surface area contributed by atoms with E-state index in [0.717, 1.165) is 107 Å². The molecule has 0 saturated heterocycles. The lowest BCUT2D eigenvalue weighted by atomic mass is 8.58. The van der Waals surface area contributed by atoms with Gasteiger partial charge in [0.25, 0.3) is 0 Å². The number of hydroxylamine groups is 2. The first kappa shape index (κ1) is 59.4. The number of carbonyl (C=O) groups is 2. The second-order valence-electron chi connectivity index (χ2n) is 26.5. The fourth-order valence-corrected chi connectivity index (χ4v) is 18.5. The van der Waals surface area contributed by atoms with Gasteiger partial charge in [0.15, 0.2) is 28.8 Å². The highest BCUT2D eigenvalue weighted by Gasteiger charge is 2.61. The van der Waals surface area contributed by atoms with Gasteiger partial charge in [0.05, 0.1) is 18.3 Å². The Hall–Kier alpha value is -2.21. The second-order valence-corrected chi connectivity index (χ2v) is 27.4. The van der Waals surface area contributed by atoms with Crippen LogP contribution >= 0.6 is 15.9 Å². The summed E-state index contributed by atoms with van der Waals surface area (Å²) in [7, 11) is 35.1. The van der Waals surface area contributed by atoms with E-state index in [0.29, 0.717) is 36.1 Å². The molecule has 21 heteroatoms. The quantitative estimate of drug-likeness (QED) is 0.161. The van der Waals surface area contributed by atoms with Crippen molar-refractivity contribution in [1.29, 1.82) is 0 Å². The number of ether oxygens (including phenoxy) is 4. The van der Waals surface area contributed by atoms with E-state index in [1.165, 1.54) is 82.1 Å². The van der Waals surface area contributed by atoms with Gasteiger partial charge in [0.2, 0.25) is 19.5 Å². The molecule has 16 atom stereocenters. The molecule has 8 aliphatic carbocycles. The number of aliphatic hydroxyl groups is 2. The van der Waals surface area contributed by atoms with Gasteiger partial charge in [-0.2, -0.15) is 0 Å². The molecule has 398 valence electrons. The third-order valence-corrected chi connectivity index (χ3v) is 22.5. The van der Waals surface area contributed by atoms with E-state index in [4.69, 9.17) is 70.2 Å². The van der Waals surface area contributed by atoms with Gasteiger partial charge in [-0.15, -0.1) is 0 Å². The van der Waals surface area contributed by atoms with Crippen LogP contribution in [0.2, 0.25) is 0 Å². The van der Waals surface area contributed by atoms with Crippen molar-refractivity contribution < 1.29 is 43.6 Å². The van der Waals surface area contributed by atoms with Gasteiger partial charge < -0.3 is 29.2 Å². The van der Waals surface area contributed by atoms with Gasteiger partial charge >= 0.3 is 0 Å². The lowest BCUT2D eigenvalue weighted by molar-refractivity contribution is -0.180. The van der Waals surface area contributed by atoms with Crippen molar-refractivity contribution in [3.05, 3.63) is 46.4 Å². The summed E-state index contributed by atoms with van der Waals surface area (Å²) in [5, 5.41) is 22.6. The number of hydrogen-bond donors (Lipinski definition) is 2.